The molecule has 0 unspecified atom stereocenters. The van der Waals surface area contributed by atoms with Crippen molar-refractivity contribution < 1.29 is 14.0 Å². The summed E-state index contributed by atoms with van der Waals surface area (Å²) in [5, 5.41) is 11.8. The van der Waals surface area contributed by atoms with Gasteiger partial charge in [0.2, 0.25) is 5.91 Å². The lowest BCUT2D eigenvalue weighted by Crippen LogP contribution is -2.51. The van der Waals surface area contributed by atoms with Crippen molar-refractivity contribution in [2.24, 2.45) is 0 Å². The molecule has 0 N–H and O–H groups in total. The number of pyridine rings is 1. The number of furan rings is 1. The third kappa shape index (κ3) is 4.66. The molecule has 3 aromatic heterocycles. The van der Waals surface area contributed by atoms with E-state index in [1.54, 1.807) is 34.3 Å². The van der Waals surface area contributed by atoms with Gasteiger partial charge in [0.25, 0.3) is 5.91 Å². The monoisotopic (exact) mass is 524 g/mol. The van der Waals surface area contributed by atoms with E-state index in [4.69, 9.17) is 4.42 Å². The zero-order valence-electron chi connectivity index (χ0n) is 20.4. The molecule has 0 atom stereocenters. The molecule has 6 rings (SSSR count). The highest BCUT2D eigenvalue weighted by Crippen LogP contribution is 2.31. The second kappa shape index (κ2) is 10.5. The number of nitrogens with zero attached hydrogens (tertiary/aromatic N) is 6. The Bertz CT molecular complexity index is 1570. The Morgan fingerprint density at radius 3 is 2.39 bits per heavy atom. The van der Waals surface area contributed by atoms with E-state index >= 15 is 0 Å². The largest absolute Gasteiger partial charge is 0.459 e. The Morgan fingerprint density at radius 2 is 1.61 bits per heavy atom. The normalized spacial score (nSPS) is 13.7. The van der Waals surface area contributed by atoms with Crippen molar-refractivity contribution in [3.05, 3.63) is 91.1 Å². The van der Waals surface area contributed by atoms with Gasteiger partial charge in [0.1, 0.15) is 0 Å². The maximum atomic E-state index is 13.1. The van der Waals surface area contributed by atoms with Crippen molar-refractivity contribution in [1.82, 2.24) is 29.5 Å². The van der Waals surface area contributed by atoms with Crippen LogP contribution in [0.25, 0.3) is 27.8 Å². The Kier molecular flexibility index (Phi) is 6.62. The number of amides is 2. The van der Waals surface area contributed by atoms with Crippen molar-refractivity contribution >= 4 is 34.3 Å². The summed E-state index contributed by atoms with van der Waals surface area (Å²) in [6, 6.07) is 21.4. The zero-order chi connectivity index (χ0) is 25.9. The Balaban J connectivity index is 1.22. The molecule has 0 bridgehead atoms. The van der Waals surface area contributed by atoms with Gasteiger partial charge >= 0.3 is 0 Å². The lowest BCUT2D eigenvalue weighted by molar-refractivity contribution is -0.129. The number of fused-ring (bicyclic) bond motifs is 1. The van der Waals surface area contributed by atoms with Crippen LogP contribution in [0, 0.1) is 0 Å². The summed E-state index contributed by atoms with van der Waals surface area (Å²) < 4.78 is 7.23. The number of thioether (sulfide) groups is 1. The molecule has 9 nitrogen and oxygen atoms in total. The fourth-order valence-corrected chi connectivity index (χ4v) is 5.45. The summed E-state index contributed by atoms with van der Waals surface area (Å²) in [4.78, 5) is 33.3. The molecule has 38 heavy (non-hydrogen) atoms. The summed E-state index contributed by atoms with van der Waals surface area (Å²) in [6.07, 6.45) is 4.94. The van der Waals surface area contributed by atoms with Crippen molar-refractivity contribution in [3.8, 4) is 17.1 Å². The van der Waals surface area contributed by atoms with Gasteiger partial charge in [0, 0.05) is 49.5 Å². The number of hydrogen-bond donors (Lipinski definition) is 0. The highest BCUT2D eigenvalue weighted by molar-refractivity contribution is 7.99. The lowest BCUT2D eigenvalue weighted by Gasteiger charge is -2.34. The lowest BCUT2D eigenvalue weighted by atomic mass is 10.1. The molecule has 5 aromatic rings. The molecule has 0 radical (unpaired) electrons. The van der Waals surface area contributed by atoms with Crippen LogP contribution in [0.15, 0.2) is 95.0 Å². The maximum Gasteiger partial charge on any atom is 0.289 e. The number of benzene rings is 2. The smallest absolute Gasteiger partial charge is 0.289 e. The van der Waals surface area contributed by atoms with Gasteiger partial charge in [-0.3, -0.25) is 19.1 Å². The molecule has 2 amide bonds. The minimum absolute atomic E-state index is 0.00183. The minimum Gasteiger partial charge on any atom is -0.459 e. The van der Waals surface area contributed by atoms with E-state index in [0.717, 1.165) is 22.0 Å². The predicted molar refractivity (Wildman–Crippen MR) is 144 cm³/mol. The summed E-state index contributed by atoms with van der Waals surface area (Å²) >= 11 is 1.36. The van der Waals surface area contributed by atoms with Crippen LogP contribution in [0.3, 0.4) is 0 Å². The van der Waals surface area contributed by atoms with Crippen molar-refractivity contribution in [1.29, 1.82) is 0 Å². The molecule has 1 fully saturated rings. The van der Waals surface area contributed by atoms with Gasteiger partial charge in [0.05, 0.1) is 17.7 Å². The fourth-order valence-electron chi connectivity index (χ4n) is 4.60. The molecule has 0 saturated carbocycles. The van der Waals surface area contributed by atoms with E-state index in [9.17, 15) is 9.59 Å². The highest BCUT2D eigenvalue weighted by atomic mass is 32.2. The average Bonchev–Trinajstić information content (AvgIpc) is 3.67. The molecule has 4 heterocycles. The van der Waals surface area contributed by atoms with E-state index in [-0.39, 0.29) is 17.6 Å². The van der Waals surface area contributed by atoms with Crippen molar-refractivity contribution in [2.75, 3.05) is 31.9 Å². The number of aromatic nitrogens is 4. The molecule has 0 aliphatic carbocycles. The van der Waals surface area contributed by atoms with Gasteiger partial charge in [-0.1, -0.05) is 48.2 Å². The number of carbonyl (C=O) groups is 2. The second-order valence-corrected chi connectivity index (χ2v) is 9.76. The first kappa shape index (κ1) is 23.9. The van der Waals surface area contributed by atoms with E-state index in [2.05, 4.69) is 33.4 Å². The van der Waals surface area contributed by atoms with Crippen LogP contribution >= 0.6 is 11.8 Å². The van der Waals surface area contributed by atoms with Gasteiger partial charge in [-0.05, 0) is 35.7 Å². The summed E-state index contributed by atoms with van der Waals surface area (Å²) in [7, 11) is 0. The molecular weight excluding hydrogens is 500 g/mol. The van der Waals surface area contributed by atoms with Crippen molar-refractivity contribution in [3.63, 3.8) is 0 Å². The van der Waals surface area contributed by atoms with E-state index < -0.39 is 0 Å². The third-order valence-electron chi connectivity index (χ3n) is 6.56. The first-order valence-electron chi connectivity index (χ1n) is 12.3. The summed E-state index contributed by atoms with van der Waals surface area (Å²) in [5.74, 6) is 1.06. The zero-order valence-corrected chi connectivity index (χ0v) is 21.3. The molecular formula is C28H24N6O3S. The topological polar surface area (TPSA) is 97.4 Å². The Hall–Kier alpha value is -4.44. The number of hydrogen-bond acceptors (Lipinski definition) is 7. The molecule has 1 saturated heterocycles. The van der Waals surface area contributed by atoms with E-state index in [0.29, 0.717) is 42.9 Å². The van der Waals surface area contributed by atoms with Gasteiger partial charge < -0.3 is 14.2 Å². The Morgan fingerprint density at radius 1 is 0.842 bits per heavy atom. The average molecular weight is 525 g/mol. The Labute approximate surface area is 223 Å². The molecule has 10 heteroatoms. The van der Waals surface area contributed by atoms with E-state index in [1.807, 2.05) is 41.0 Å². The second-order valence-electron chi connectivity index (χ2n) is 8.81. The van der Waals surface area contributed by atoms with Crippen LogP contribution in [-0.2, 0) is 4.79 Å². The molecule has 0 spiro atoms. The molecule has 190 valence electrons. The molecule has 1 aliphatic heterocycles. The number of piperazine rings is 1. The molecule has 1 aliphatic rings. The quantitative estimate of drug-likeness (QED) is 0.308. The van der Waals surface area contributed by atoms with Gasteiger partial charge in [-0.2, -0.15) is 0 Å². The summed E-state index contributed by atoms with van der Waals surface area (Å²) in [5.41, 5.74) is 1.83. The highest BCUT2D eigenvalue weighted by Gasteiger charge is 2.27. The SMILES string of the molecule is O=C(CSc1nnc(-c2ccncc2)n1-c1cccc2ccccc12)N1CCN(C(=O)c2ccco2)CC1. The van der Waals surface area contributed by atoms with Crippen LogP contribution in [0.5, 0.6) is 0 Å². The molecule has 2 aromatic carbocycles. The standard InChI is InChI=1S/C28H24N6O3S/c35-25(32-14-16-33(17-15-32)27(36)24-9-4-18-37-24)19-38-28-31-30-26(21-10-12-29-13-11-21)34(28)23-8-3-6-20-5-1-2-7-22(20)23/h1-13,18H,14-17,19H2. The van der Waals surface area contributed by atoms with Crippen LogP contribution in [0.2, 0.25) is 0 Å². The fraction of sp³-hybridized carbons (Fsp3) is 0.179. The van der Waals surface area contributed by atoms with Crippen LogP contribution in [0.1, 0.15) is 10.6 Å². The van der Waals surface area contributed by atoms with Crippen LogP contribution < -0.4 is 0 Å². The third-order valence-corrected chi connectivity index (χ3v) is 7.47. The first-order valence-corrected chi connectivity index (χ1v) is 13.2. The summed E-state index contributed by atoms with van der Waals surface area (Å²) in [6.45, 7) is 1.89. The van der Waals surface area contributed by atoms with Crippen LogP contribution in [-0.4, -0.2) is 73.3 Å². The predicted octanol–water partition coefficient (Wildman–Crippen LogP) is 4.15. The first-order chi connectivity index (χ1) is 18.7. The van der Waals surface area contributed by atoms with Crippen molar-refractivity contribution in [2.45, 2.75) is 5.16 Å². The number of rotatable bonds is 6. The van der Waals surface area contributed by atoms with Crippen LogP contribution in [0.4, 0.5) is 0 Å². The minimum atomic E-state index is -0.150. The maximum absolute atomic E-state index is 13.1. The van der Waals surface area contributed by atoms with E-state index in [1.165, 1.54) is 18.0 Å². The van der Waals surface area contributed by atoms with Gasteiger partial charge in [0.15, 0.2) is 16.7 Å². The number of carbonyl (C=O) groups excluding carboxylic acids is 2. The van der Waals surface area contributed by atoms with Gasteiger partial charge in [-0.25, -0.2) is 0 Å². The van der Waals surface area contributed by atoms with Gasteiger partial charge in [-0.15, -0.1) is 10.2 Å².